The van der Waals surface area contributed by atoms with E-state index in [0.29, 0.717) is 25.3 Å². The molecule has 0 heterocycles. The molecule has 0 aliphatic rings. The summed E-state index contributed by atoms with van der Waals surface area (Å²) in [6.45, 7) is 6.82. The molecule has 4 nitrogen and oxygen atoms in total. The van der Waals surface area contributed by atoms with Crippen molar-refractivity contribution in [1.29, 1.82) is 0 Å². The molecule has 1 atom stereocenters. The summed E-state index contributed by atoms with van der Waals surface area (Å²) in [5.74, 6) is 0.399. The monoisotopic (exact) mass is 366 g/mol. The SMILES string of the molecule is CC(C)c1ccc(NC(=O)C[C@@H](C)CC(=O)NCCc2ccccc2)cc1. The smallest absolute Gasteiger partial charge is 0.224 e. The van der Waals surface area contributed by atoms with Crippen LogP contribution >= 0.6 is 0 Å². The molecule has 0 fully saturated rings. The number of anilines is 1. The number of rotatable bonds is 9. The van der Waals surface area contributed by atoms with Crippen molar-refractivity contribution in [2.45, 2.75) is 46.0 Å². The molecule has 0 bridgehead atoms. The third kappa shape index (κ3) is 7.65. The van der Waals surface area contributed by atoms with Crippen molar-refractivity contribution in [2.24, 2.45) is 5.92 Å². The van der Waals surface area contributed by atoms with Crippen LogP contribution in [0.4, 0.5) is 5.69 Å². The molecule has 0 spiro atoms. The van der Waals surface area contributed by atoms with Crippen LogP contribution in [-0.4, -0.2) is 18.4 Å². The Morgan fingerprint density at radius 3 is 2.11 bits per heavy atom. The van der Waals surface area contributed by atoms with Crippen molar-refractivity contribution >= 4 is 17.5 Å². The van der Waals surface area contributed by atoms with Crippen LogP contribution in [0.2, 0.25) is 0 Å². The predicted octanol–water partition coefficient (Wildman–Crippen LogP) is 4.52. The minimum Gasteiger partial charge on any atom is -0.356 e. The summed E-state index contributed by atoms with van der Waals surface area (Å²) in [4.78, 5) is 24.2. The van der Waals surface area contributed by atoms with Crippen LogP contribution in [0.15, 0.2) is 54.6 Å². The maximum absolute atomic E-state index is 12.2. The lowest BCUT2D eigenvalue weighted by Crippen LogP contribution is -2.28. The van der Waals surface area contributed by atoms with Crippen LogP contribution in [0, 0.1) is 5.92 Å². The van der Waals surface area contributed by atoms with Gasteiger partial charge in [0.15, 0.2) is 0 Å². The summed E-state index contributed by atoms with van der Waals surface area (Å²) in [5.41, 5.74) is 3.24. The van der Waals surface area contributed by atoms with Crippen LogP contribution in [0.5, 0.6) is 0 Å². The molecule has 2 aromatic rings. The first kappa shape index (κ1) is 20.7. The van der Waals surface area contributed by atoms with Gasteiger partial charge in [-0.25, -0.2) is 0 Å². The topological polar surface area (TPSA) is 58.2 Å². The van der Waals surface area contributed by atoms with E-state index in [1.165, 1.54) is 11.1 Å². The van der Waals surface area contributed by atoms with Crippen molar-refractivity contribution in [2.75, 3.05) is 11.9 Å². The van der Waals surface area contributed by atoms with Crippen LogP contribution in [-0.2, 0) is 16.0 Å². The summed E-state index contributed by atoms with van der Waals surface area (Å²) in [7, 11) is 0. The summed E-state index contributed by atoms with van der Waals surface area (Å²) in [6, 6.07) is 18.0. The van der Waals surface area contributed by atoms with E-state index in [2.05, 4.69) is 24.5 Å². The van der Waals surface area contributed by atoms with Gasteiger partial charge in [0, 0.05) is 25.1 Å². The van der Waals surface area contributed by atoms with Crippen molar-refractivity contribution < 1.29 is 9.59 Å². The van der Waals surface area contributed by atoms with Gasteiger partial charge < -0.3 is 10.6 Å². The number of hydrogen-bond acceptors (Lipinski definition) is 2. The minimum absolute atomic E-state index is 0.00309. The molecule has 2 N–H and O–H groups in total. The van der Waals surface area contributed by atoms with E-state index in [9.17, 15) is 9.59 Å². The molecule has 144 valence electrons. The highest BCUT2D eigenvalue weighted by molar-refractivity contribution is 5.91. The van der Waals surface area contributed by atoms with Gasteiger partial charge in [0.1, 0.15) is 0 Å². The average Bonchev–Trinajstić information content (AvgIpc) is 2.62. The van der Waals surface area contributed by atoms with Gasteiger partial charge in [-0.15, -0.1) is 0 Å². The zero-order valence-electron chi connectivity index (χ0n) is 16.5. The average molecular weight is 367 g/mol. The van der Waals surface area contributed by atoms with E-state index in [1.54, 1.807) is 0 Å². The lowest BCUT2D eigenvalue weighted by molar-refractivity contribution is -0.122. The van der Waals surface area contributed by atoms with Crippen LogP contribution in [0.3, 0.4) is 0 Å². The largest absolute Gasteiger partial charge is 0.356 e. The van der Waals surface area contributed by atoms with E-state index in [1.807, 2.05) is 61.5 Å². The number of hydrogen-bond donors (Lipinski definition) is 2. The Labute approximate surface area is 162 Å². The predicted molar refractivity (Wildman–Crippen MR) is 111 cm³/mol. The van der Waals surface area contributed by atoms with E-state index >= 15 is 0 Å². The number of carbonyl (C=O) groups excluding carboxylic acids is 2. The van der Waals surface area contributed by atoms with Crippen LogP contribution < -0.4 is 10.6 Å². The lowest BCUT2D eigenvalue weighted by atomic mass is 10.0. The number of benzene rings is 2. The zero-order chi connectivity index (χ0) is 19.6. The highest BCUT2D eigenvalue weighted by atomic mass is 16.2. The molecule has 0 unspecified atom stereocenters. The number of carbonyl (C=O) groups is 2. The Morgan fingerprint density at radius 2 is 1.48 bits per heavy atom. The summed E-state index contributed by atoms with van der Waals surface area (Å²) < 4.78 is 0. The van der Waals surface area contributed by atoms with E-state index in [4.69, 9.17) is 0 Å². The van der Waals surface area contributed by atoms with Crippen LogP contribution in [0.1, 0.15) is 50.7 Å². The molecule has 27 heavy (non-hydrogen) atoms. The summed E-state index contributed by atoms with van der Waals surface area (Å²) >= 11 is 0. The third-order valence-corrected chi connectivity index (χ3v) is 4.51. The van der Waals surface area contributed by atoms with Crippen molar-refractivity contribution in [3.8, 4) is 0 Å². The Hall–Kier alpha value is -2.62. The van der Waals surface area contributed by atoms with E-state index in [0.717, 1.165) is 12.1 Å². The zero-order valence-corrected chi connectivity index (χ0v) is 16.5. The number of amides is 2. The van der Waals surface area contributed by atoms with Crippen molar-refractivity contribution in [1.82, 2.24) is 5.32 Å². The minimum atomic E-state index is -0.0584. The molecule has 0 aromatic heterocycles. The first-order valence-electron chi connectivity index (χ1n) is 9.64. The standard InChI is InChI=1S/C23H30N2O2/c1-17(2)20-9-11-21(12-10-20)25-23(27)16-18(3)15-22(26)24-14-13-19-7-5-4-6-8-19/h4-12,17-18H,13-16H2,1-3H3,(H,24,26)(H,25,27)/t18-/m0/s1. The fourth-order valence-corrected chi connectivity index (χ4v) is 2.93. The van der Waals surface area contributed by atoms with Gasteiger partial charge in [0.2, 0.25) is 11.8 Å². The summed E-state index contributed by atoms with van der Waals surface area (Å²) in [6.07, 6.45) is 1.50. The van der Waals surface area contributed by atoms with Gasteiger partial charge in [0.05, 0.1) is 0 Å². The normalized spacial score (nSPS) is 11.9. The molecular weight excluding hydrogens is 336 g/mol. The molecular formula is C23H30N2O2. The maximum atomic E-state index is 12.2. The van der Waals surface area contributed by atoms with E-state index < -0.39 is 0 Å². The van der Waals surface area contributed by atoms with Crippen molar-refractivity contribution in [3.63, 3.8) is 0 Å². The molecule has 2 amide bonds. The fraction of sp³-hybridized carbons (Fsp3) is 0.391. The van der Waals surface area contributed by atoms with Gasteiger partial charge >= 0.3 is 0 Å². The second-order valence-electron chi connectivity index (χ2n) is 7.42. The first-order chi connectivity index (χ1) is 12.9. The van der Waals surface area contributed by atoms with Gasteiger partial charge in [-0.05, 0) is 41.5 Å². The van der Waals surface area contributed by atoms with Gasteiger partial charge in [0.25, 0.3) is 0 Å². The Morgan fingerprint density at radius 1 is 0.852 bits per heavy atom. The molecule has 4 heteroatoms. The van der Waals surface area contributed by atoms with Crippen LogP contribution in [0.25, 0.3) is 0 Å². The maximum Gasteiger partial charge on any atom is 0.224 e. The fourth-order valence-electron chi connectivity index (χ4n) is 2.93. The molecule has 0 aliphatic carbocycles. The molecule has 2 rings (SSSR count). The van der Waals surface area contributed by atoms with Gasteiger partial charge in [-0.1, -0.05) is 63.2 Å². The Bertz CT molecular complexity index is 724. The molecule has 2 aromatic carbocycles. The second kappa shape index (κ2) is 10.5. The highest BCUT2D eigenvalue weighted by Gasteiger charge is 2.13. The second-order valence-corrected chi connectivity index (χ2v) is 7.42. The highest BCUT2D eigenvalue weighted by Crippen LogP contribution is 2.18. The first-order valence-corrected chi connectivity index (χ1v) is 9.64. The quantitative estimate of drug-likeness (QED) is 0.685. The third-order valence-electron chi connectivity index (χ3n) is 4.51. The lowest BCUT2D eigenvalue weighted by Gasteiger charge is -2.13. The van der Waals surface area contributed by atoms with Crippen molar-refractivity contribution in [3.05, 3.63) is 65.7 Å². The number of nitrogens with one attached hydrogen (secondary N) is 2. The Kier molecular flexibility index (Phi) is 8.05. The molecule has 0 aliphatic heterocycles. The molecule has 0 saturated carbocycles. The van der Waals surface area contributed by atoms with Gasteiger partial charge in [-0.2, -0.15) is 0 Å². The van der Waals surface area contributed by atoms with Gasteiger partial charge in [-0.3, -0.25) is 9.59 Å². The Balaban J connectivity index is 1.68. The molecule has 0 radical (unpaired) electrons. The molecule has 0 saturated heterocycles. The summed E-state index contributed by atoms with van der Waals surface area (Å²) in [5, 5.41) is 5.84. The van der Waals surface area contributed by atoms with E-state index in [-0.39, 0.29) is 17.7 Å².